The van der Waals surface area contributed by atoms with Gasteiger partial charge in [0, 0.05) is 22.6 Å². The molecular formula is C24H27N5O2. The first-order chi connectivity index (χ1) is 15.2. The maximum atomic E-state index is 5.61. The number of ether oxygens (including phenoxy) is 2. The maximum absolute atomic E-state index is 5.61. The van der Waals surface area contributed by atoms with Crippen LogP contribution in [0, 0.1) is 0 Å². The van der Waals surface area contributed by atoms with Crippen molar-refractivity contribution in [3.05, 3.63) is 53.1 Å². The lowest BCUT2D eigenvalue weighted by Gasteiger charge is -2.35. The number of nitrogens with zero attached hydrogens (tertiary/aromatic N) is 5. The first kappa shape index (κ1) is 19.7. The molecule has 0 saturated heterocycles. The average molecular weight is 418 g/mol. The Morgan fingerprint density at radius 2 is 1.68 bits per heavy atom. The predicted molar refractivity (Wildman–Crippen MR) is 119 cm³/mol. The van der Waals surface area contributed by atoms with E-state index in [9.17, 15) is 0 Å². The van der Waals surface area contributed by atoms with Gasteiger partial charge in [0.1, 0.15) is 0 Å². The minimum atomic E-state index is 0.320. The van der Waals surface area contributed by atoms with Crippen molar-refractivity contribution in [2.45, 2.75) is 51.1 Å². The number of benzene rings is 2. The summed E-state index contributed by atoms with van der Waals surface area (Å²) >= 11 is 0. The summed E-state index contributed by atoms with van der Waals surface area (Å²) in [6, 6.07) is 12.9. The lowest BCUT2D eigenvalue weighted by molar-refractivity contribution is 0.349. The Kier molecular flexibility index (Phi) is 5.18. The highest BCUT2D eigenvalue weighted by Crippen LogP contribution is 2.44. The second-order valence-electron chi connectivity index (χ2n) is 8.11. The van der Waals surface area contributed by atoms with E-state index in [0.717, 1.165) is 40.3 Å². The van der Waals surface area contributed by atoms with E-state index in [4.69, 9.17) is 14.5 Å². The number of methoxy groups -OCH3 is 2. The second-order valence-corrected chi connectivity index (χ2v) is 8.11. The predicted octanol–water partition coefficient (Wildman–Crippen LogP) is 4.25. The lowest BCUT2D eigenvalue weighted by Crippen LogP contribution is -2.29. The highest BCUT2D eigenvalue weighted by Gasteiger charge is 2.34. The molecule has 1 saturated carbocycles. The lowest BCUT2D eigenvalue weighted by atomic mass is 9.75. The van der Waals surface area contributed by atoms with E-state index in [1.54, 1.807) is 19.0 Å². The van der Waals surface area contributed by atoms with Crippen LogP contribution in [0.5, 0.6) is 11.5 Å². The minimum Gasteiger partial charge on any atom is -0.493 e. The molecule has 0 amide bonds. The fraction of sp³-hybridized carbons (Fsp3) is 0.417. The summed E-state index contributed by atoms with van der Waals surface area (Å²) in [5.41, 5.74) is 5.52. The van der Waals surface area contributed by atoms with Crippen LogP contribution in [0.1, 0.15) is 55.2 Å². The van der Waals surface area contributed by atoms with Crippen LogP contribution in [0.4, 0.5) is 0 Å². The van der Waals surface area contributed by atoms with E-state index in [-0.39, 0.29) is 0 Å². The van der Waals surface area contributed by atoms with Crippen molar-refractivity contribution in [1.29, 1.82) is 0 Å². The number of rotatable bonds is 5. The Labute approximate surface area is 182 Å². The van der Waals surface area contributed by atoms with Crippen molar-refractivity contribution >= 4 is 5.71 Å². The molecule has 0 unspecified atom stereocenters. The van der Waals surface area contributed by atoms with Crippen molar-refractivity contribution in [1.82, 2.24) is 20.2 Å². The Morgan fingerprint density at radius 3 is 2.39 bits per heavy atom. The topological polar surface area (TPSA) is 74.4 Å². The van der Waals surface area contributed by atoms with E-state index in [0.29, 0.717) is 24.3 Å². The van der Waals surface area contributed by atoms with Gasteiger partial charge >= 0.3 is 0 Å². The third kappa shape index (κ3) is 3.48. The zero-order chi connectivity index (χ0) is 21.4. The van der Waals surface area contributed by atoms with Crippen molar-refractivity contribution in [3.63, 3.8) is 0 Å². The molecule has 0 N–H and O–H groups in total. The maximum Gasteiger partial charge on any atom is 0.204 e. The molecular weight excluding hydrogens is 390 g/mol. The first-order valence-electron chi connectivity index (χ1n) is 10.9. The first-order valence-corrected chi connectivity index (χ1v) is 10.9. The number of hydrogen-bond donors (Lipinski definition) is 0. The highest BCUT2D eigenvalue weighted by molar-refractivity contribution is 6.15. The van der Waals surface area contributed by atoms with Gasteiger partial charge in [-0.15, -0.1) is 10.2 Å². The summed E-state index contributed by atoms with van der Waals surface area (Å²) in [6.07, 6.45) is 4.78. The molecule has 0 spiro atoms. The van der Waals surface area contributed by atoms with Crippen LogP contribution < -0.4 is 9.47 Å². The quantitative estimate of drug-likeness (QED) is 0.620. The third-order valence-corrected chi connectivity index (χ3v) is 6.39. The van der Waals surface area contributed by atoms with Gasteiger partial charge in [0.05, 0.1) is 32.5 Å². The Balaban J connectivity index is 1.57. The van der Waals surface area contributed by atoms with Crippen molar-refractivity contribution < 1.29 is 9.47 Å². The molecule has 2 aliphatic rings. The number of aryl methyl sites for hydroxylation is 1. The van der Waals surface area contributed by atoms with Gasteiger partial charge in [-0.3, -0.25) is 4.99 Å². The summed E-state index contributed by atoms with van der Waals surface area (Å²) in [5, 5.41) is 12.6. The van der Waals surface area contributed by atoms with Crippen molar-refractivity contribution in [2.24, 2.45) is 4.99 Å². The number of hydrogen-bond acceptors (Lipinski definition) is 6. The van der Waals surface area contributed by atoms with Crippen LogP contribution >= 0.6 is 0 Å². The van der Waals surface area contributed by atoms with Gasteiger partial charge in [-0.2, -0.15) is 4.80 Å². The molecule has 2 heterocycles. The monoisotopic (exact) mass is 417 g/mol. The molecule has 1 aliphatic heterocycles. The molecule has 160 valence electrons. The molecule has 1 fully saturated rings. The highest BCUT2D eigenvalue weighted by atomic mass is 16.5. The van der Waals surface area contributed by atoms with Gasteiger partial charge in [0.2, 0.25) is 5.82 Å². The SMILES string of the molecule is CCn1nnc(-c2ccc(C3=N[C@@H]4CCCC[C@@H]4c4cc(OC)c(OC)cc43)cc2)n1. The van der Waals surface area contributed by atoms with Gasteiger partial charge < -0.3 is 9.47 Å². The van der Waals surface area contributed by atoms with E-state index in [1.165, 1.54) is 24.8 Å². The van der Waals surface area contributed by atoms with E-state index in [2.05, 4.69) is 39.7 Å². The fourth-order valence-electron chi connectivity index (χ4n) is 4.77. The van der Waals surface area contributed by atoms with E-state index < -0.39 is 0 Å². The zero-order valence-electron chi connectivity index (χ0n) is 18.2. The molecule has 0 radical (unpaired) electrons. The van der Waals surface area contributed by atoms with Gasteiger partial charge in [0.15, 0.2) is 11.5 Å². The molecule has 5 rings (SSSR count). The summed E-state index contributed by atoms with van der Waals surface area (Å²) in [7, 11) is 3.38. The van der Waals surface area contributed by atoms with Gasteiger partial charge in [-0.05, 0) is 42.7 Å². The van der Waals surface area contributed by atoms with Crippen LogP contribution in [0.3, 0.4) is 0 Å². The van der Waals surface area contributed by atoms with Crippen molar-refractivity contribution in [2.75, 3.05) is 14.2 Å². The third-order valence-electron chi connectivity index (χ3n) is 6.39. The number of fused-ring (bicyclic) bond motifs is 3. The Morgan fingerprint density at radius 1 is 0.968 bits per heavy atom. The summed E-state index contributed by atoms with van der Waals surface area (Å²) < 4.78 is 11.2. The second kappa shape index (κ2) is 8.13. The zero-order valence-corrected chi connectivity index (χ0v) is 18.2. The molecule has 2 atom stereocenters. The van der Waals surface area contributed by atoms with Crippen LogP contribution in [-0.2, 0) is 6.54 Å². The Bertz CT molecular complexity index is 1120. The van der Waals surface area contributed by atoms with Crippen molar-refractivity contribution in [3.8, 4) is 22.9 Å². The van der Waals surface area contributed by atoms with E-state index in [1.807, 2.05) is 19.1 Å². The molecule has 7 heteroatoms. The molecule has 1 aromatic heterocycles. The van der Waals surface area contributed by atoms with Gasteiger partial charge in [-0.25, -0.2) is 0 Å². The number of aromatic nitrogens is 4. The standard InChI is InChI=1S/C24H27N5O2/c1-4-29-27-24(26-28-29)16-11-9-15(10-12-16)23-19-14-22(31-3)21(30-2)13-18(19)17-7-5-6-8-20(17)25-23/h9-14,17,20H,4-8H2,1-3H3/t17-,20-/m1/s1. The number of tetrazole rings is 1. The smallest absolute Gasteiger partial charge is 0.204 e. The largest absolute Gasteiger partial charge is 0.493 e. The average Bonchev–Trinajstić information content (AvgIpc) is 3.32. The van der Waals surface area contributed by atoms with Crippen LogP contribution in [0.25, 0.3) is 11.4 Å². The van der Waals surface area contributed by atoms with Crippen LogP contribution in [0.15, 0.2) is 41.4 Å². The number of aliphatic imine (C=N–C) groups is 1. The minimum absolute atomic E-state index is 0.320. The Hall–Kier alpha value is -3.22. The summed E-state index contributed by atoms with van der Waals surface area (Å²) in [4.78, 5) is 6.83. The molecule has 1 aliphatic carbocycles. The molecule has 2 aromatic carbocycles. The van der Waals surface area contributed by atoms with Gasteiger partial charge in [-0.1, -0.05) is 37.1 Å². The van der Waals surface area contributed by atoms with E-state index >= 15 is 0 Å². The molecule has 7 nitrogen and oxygen atoms in total. The molecule has 3 aromatic rings. The molecule has 31 heavy (non-hydrogen) atoms. The van der Waals surface area contributed by atoms with Gasteiger partial charge in [0.25, 0.3) is 0 Å². The molecule has 0 bridgehead atoms. The normalized spacial score (nSPS) is 19.9. The van der Waals surface area contributed by atoms with Crippen LogP contribution in [-0.4, -0.2) is 46.2 Å². The summed E-state index contributed by atoms with van der Waals surface area (Å²) in [6.45, 7) is 2.70. The summed E-state index contributed by atoms with van der Waals surface area (Å²) in [5.74, 6) is 2.60. The fourth-order valence-corrected chi connectivity index (χ4v) is 4.77. The van der Waals surface area contributed by atoms with Crippen LogP contribution in [0.2, 0.25) is 0 Å².